The van der Waals surface area contributed by atoms with Crippen LogP contribution in [0.5, 0.6) is 0 Å². The third kappa shape index (κ3) is 4.40. The first-order valence-corrected chi connectivity index (χ1v) is 12.4. The van der Waals surface area contributed by atoms with E-state index in [1.54, 1.807) is 0 Å². The van der Waals surface area contributed by atoms with E-state index in [2.05, 4.69) is 48.0 Å². The minimum absolute atomic E-state index is 0.0584. The van der Waals surface area contributed by atoms with Crippen LogP contribution in [0.25, 0.3) is 0 Å². The zero-order valence-corrected chi connectivity index (χ0v) is 19.3. The van der Waals surface area contributed by atoms with Crippen LogP contribution in [-0.4, -0.2) is 37.5 Å². The lowest BCUT2D eigenvalue weighted by molar-refractivity contribution is 0.179. The Kier molecular flexibility index (Phi) is 6.73. The molecule has 0 bridgehead atoms. The van der Waals surface area contributed by atoms with E-state index in [4.69, 9.17) is 0 Å². The first-order chi connectivity index (χ1) is 15.0. The number of piperidine rings is 1. The minimum Gasteiger partial charge on any atom is -0.358 e. The number of hydrogen-bond donors (Lipinski definition) is 1. The zero-order chi connectivity index (χ0) is 22.0. The van der Waals surface area contributed by atoms with E-state index in [9.17, 15) is 8.78 Å². The van der Waals surface area contributed by atoms with Gasteiger partial charge in [-0.15, -0.1) is 11.8 Å². The van der Waals surface area contributed by atoms with Gasteiger partial charge >= 0.3 is 0 Å². The van der Waals surface area contributed by atoms with Crippen molar-refractivity contribution >= 4 is 17.4 Å². The smallest absolute Gasteiger partial charge is 0.154 e. The van der Waals surface area contributed by atoms with Gasteiger partial charge in [0, 0.05) is 27.3 Å². The maximum Gasteiger partial charge on any atom is 0.154 e. The molecule has 1 unspecified atom stereocenters. The molecule has 1 spiro atoms. The summed E-state index contributed by atoms with van der Waals surface area (Å²) in [7, 11) is 0. The molecule has 1 saturated heterocycles. The Morgan fingerprint density at radius 1 is 1.19 bits per heavy atom. The van der Waals surface area contributed by atoms with Crippen LogP contribution in [0.3, 0.4) is 0 Å². The highest BCUT2D eigenvalue weighted by atomic mass is 32.2. The molecule has 0 aliphatic carbocycles. The van der Waals surface area contributed by atoms with Crippen molar-refractivity contribution in [2.45, 2.75) is 49.1 Å². The van der Waals surface area contributed by atoms with E-state index in [0.29, 0.717) is 5.56 Å². The van der Waals surface area contributed by atoms with Gasteiger partial charge in [-0.1, -0.05) is 36.4 Å². The number of benzene rings is 2. The van der Waals surface area contributed by atoms with Crippen LogP contribution in [0.2, 0.25) is 0 Å². The van der Waals surface area contributed by atoms with Crippen LogP contribution in [0.4, 0.5) is 14.5 Å². The molecule has 2 aromatic carbocycles. The molecular weight excluding hydrogens is 410 g/mol. The topological polar surface area (TPSA) is 15.3 Å². The summed E-state index contributed by atoms with van der Waals surface area (Å²) < 4.78 is 26.9. The summed E-state index contributed by atoms with van der Waals surface area (Å²) in [5, 5.41) is 3.52. The molecule has 2 heterocycles. The monoisotopic (exact) mass is 442 g/mol. The number of alkyl halides is 2. The first-order valence-electron chi connectivity index (χ1n) is 11.1. The number of hydrogen-bond acceptors (Lipinski definition) is 3. The SMILES string of the molecule is C=C1Nc2ccc(C)cc2C12CCN(CCCc1ccc(SC)c(C(F)CF)c1)CC2. The van der Waals surface area contributed by atoms with E-state index in [-0.39, 0.29) is 5.41 Å². The second-order valence-electron chi connectivity index (χ2n) is 8.88. The standard InChI is InChI=1S/C26H32F2N2S/c1-18-6-8-24-22(15-18)26(19(2)29-24)10-13-30(14-11-26)12-4-5-20-7-9-25(31-3)21(16-20)23(28)17-27/h6-9,15-16,23,29H,2,4-5,10-14,17H2,1,3H3. The molecule has 0 radical (unpaired) electrons. The number of likely N-dealkylation sites (tertiary alicyclic amines) is 1. The summed E-state index contributed by atoms with van der Waals surface area (Å²) in [5.74, 6) is 0. The fraction of sp³-hybridized carbons (Fsp3) is 0.462. The van der Waals surface area contributed by atoms with Crippen LogP contribution < -0.4 is 5.32 Å². The lowest BCUT2D eigenvalue weighted by Crippen LogP contribution is -2.43. The largest absolute Gasteiger partial charge is 0.358 e. The van der Waals surface area contributed by atoms with Crippen molar-refractivity contribution in [2.24, 2.45) is 0 Å². The molecule has 1 fully saturated rings. The van der Waals surface area contributed by atoms with Gasteiger partial charge in [0.1, 0.15) is 6.67 Å². The van der Waals surface area contributed by atoms with Crippen molar-refractivity contribution in [3.8, 4) is 0 Å². The normalized spacial score (nSPS) is 18.8. The number of halogens is 2. The van der Waals surface area contributed by atoms with Crippen molar-refractivity contribution < 1.29 is 8.78 Å². The number of nitrogens with one attached hydrogen (secondary N) is 1. The van der Waals surface area contributed by atoms with E-state index < -0.39 is 12.8 Å². The average Bonchev–Trinajstić information content (AvgIpc) is 3.05. The Labute approximate surface area is 189 Å². The molecule has 2 aliphatic heterocycles. The molecule has 5 heteroatoms. The van der Waals surface area contributed by atoms with Crippen LogP contribution in [0, 0.1) is 6.92 Å². The number of fused-ring (bicyclic) bond motifs is 2. The molecule has 0 amide bonds. The maximum absolute atomic E-state index is 14.0. The molecular formula is C26H32F2N2S. The summed E-state index contributed by atoms with van der Waals surface area (Å²) in [6, 6.07) is 12.5. The second-order valence-corrected chi connectivity index (χ2v) is 9.73. The van der Waals surface area contributed by atoms with Crippen LogP contribution in [0.15, 0.2) is 53.6 Å². The van der Waals surface area contributed by atoms with E-state index in [1.807, 2.05) is 18.4 Å². The molecule has 4 rings (SSSR count). The Balaban J connectivity index is 1.34. The van der Waals surface area contributed by atoms with E-state index >= 15 is 0 Å². The molecule has 0 aromatic heterocycles. The molecule has 1 N–H and O–H groups in total. The summed E-state index contributed by atoms with van der Waals surface area (Å²) in [4.78, 5) is 3.36. The van der Waals surface area contributed by atoms with E-state index in [1.165, 1.54) is 28.6 Å². The highest BCUT2D eigenvalue weighted by molar-refractivity contribution is 7.98. The number of rotatable bonds is 7. The predicted octanol–water partition coefficient (Wildman–Crippen LogP) is 6.60. The maximum atomic E-state index is 14.0. The fourth-order valence-electron chi connectivity index (χ4n) is 5.11. The first kappa shape index (κ1) is 22.3. The van der Waals surface area contributed by atoms with Crippen LogP contribution in [-0.2, 0) is 11.8 Å². The van der Waals surface area contributed by atoms with Gasteiger partial charge in [-0.2, -0.15) is 0 Å². The van der Waals surface area contributed by atoms with Crippen molar-refractivity contribution in [3.05, 3.63) is 70.9 Å². The summed E-state index contributed by atoms with van der Waals surface area (Å²) >= 11 is 1.47. The van der Waals surface area contributed by atoms with Crippen molar-refractivity contribution in [1.82, 2.24) is 4.90 Å². The van der Waals surface area contributed by atoms with Crippen molar-refractivity contribution in [1.29, 1.82) is 0 Å². The molecule has 2 aromatic rings. The summed E-state index contributed by atoms with van der Waals surface area (Å²) in [6.45, 7) is 8.68. The lowest BCUT2D eigenvalue weighted by Gasteiger charge is -2.40. The number of nitrogens with zero attached hydrogens (tertiary/aromatic N) is 1. The average molecular weight is 443 g/mol. The van der Waals surface area contributed by atoms with Gasteiger partial charge in [0.2, 0.25) is 0 Å². The van der Waals surface area contributed by atoms with Gasteiger partial charge < -0.3 is 10.2 Å². The Hall–Kier alpha value is -1.85. The van der Waals surface area contributed by atoms with Crippen molar-refractivity contribution in [3.63, 3.8) is 0 Å². The number of allylic oxidation sites excluding steroid dienone is 1. The van der Waals surface area contributed by atoms with Gasteiger partial charge in [-0.25, -0.2) is 8.78 Å². The van der Waals surface area contributed by atoms with Gasteiger partial charge in [0.05, 0.1) is 0 Å². The second kappa shape index (κ2) is 9.33. The number of aryl methyl sites for hydroxylation is 2. The molecule has 1 atom stereocenters. The van der Waals surface area contributed by atoms with Gasteiger partial charge in [-0.05, 0) is 81.8 Å². The zero-order valence-electron chi connectivity index (χ0n) is 18.5. The third-order valence-electron chi connectivity index (χ3n) is 6.97. The highest BCUT2D eigenvalue weighted by Crippen LogP contribution is 2.49. The highest BCUT2D eigenvalue weighted by Gasteiger charge is 2.44. The Morgan fingerprint density at radius 3 is 2.68 bits per heavy atom. The number of anilines is 1. The number of thioether (sulfide) groups is 1. The van der Waals surface area contributed by atoms with Crippen LogP contribution >= 0.6 is 11.8 Å². The summed E-state index contributed by atoms with van der Waals surface area (Å²) in [5.41, 5.74) is 6.71. The molecule has 2 nitrogen and oxygen atoms in total. The fourth-order valence-corrected chi connectivity index (χ4v) is 5.74. The van der Waals surface area contributed by atoms with Gasteiger partial charge in [-0.3, -0.25) is 0 Å². The molecule has 2 aliphatic rings. The lowest BCUT2D eigenvalue weighted by atomic mass is 9.72. The molecule has 31 heavy (non-hydrogen) atoms. The predicted molar refractivity (Wildman–Crippen MR) is 128 cm³/mol. The van der Waals surface area contributed by atoms with Crippen molar-refractivity contribution in [2.75, 3.05) is 37.9 Å². The molecule has 0 saturated carbocycles. The van der Waals surface area contributed by atoms with Gasteiger partial charge in [0.25, 0.3) is 0 Å². The minimum atomic E-state index is -1.53. The summed E-state index contributed by atoms with van der Waals surface area (Å²) in [6.07, 6.45) is 4.45. The Morgan fingerprint density at radius 2 is 1.97 bits per heavy atom. The van der Waals surface area contributed by atoms with Gasteiger partial charge in [0.15, 0.2) is 6.17 Å². The quantitative estimate of drug-likeness (QED) is 0.486. The third-order valence-corrected chi connectivity index (χ3v) is 7.78. The van der Waals surface area contributed by atoms with E-state index in [0.717, 1.165) is 61.5 Å². The Bertz CT molecular complexity index is 950. The van der Waals surface area contributed by atoms with Crippen LogP contribution in [0.1, 0.15) is 47.7 Å². The molecule has 166 valence electrons.